The number of carbonyl (C=O) groups is 1. The predicted molar refractivity (Wildman–Crippen MR) is 90.4 cm³/mol. The van der Waals surface area contributed by atoms with Crippen LogP contribution in [0.4, 0.5) is 0 Å². The molecule has 1 aliphatic heterocycles. The molecule has 1 fully saturated rings. The van der Waals surface area contributed by atoms with Gasteiger partial charge in [-0.15, -0.1) is 0 Å². The summed E-state index contributed by atoms with van der Waals surface area (Å²) in [4.78, 5) is 14.1. The van der Waals surface area contributed by atoms with Gasteiger partial charge in [-0.1, -0.05) is 12.1 Å². The lowest BCUT2D eigenvalue weighted by molar-refractivity contribution is -0.124. The molecule has 23 heavy (non-hydrogen) atoms. The van der Waals surface area contributed by atoms with Crippen LogP contribution in [0, 0.1) is 0 Å². The minimum atomic E-state index is -0.999. The average molecular weight is 320 g/mol. The topological polar surface area (TPSA) is 61.8 Å². The van der Waals surface area contributed by atoms with Crippen molar-refractivity contribution in [2.75, 3.05) is 20.2 Å². The lowest BCUT2D eigenvalue weighted by atomic mass is 9.86. The highest BCUT2D eigenvalue weighted by molar-refractivity contribution is 5.78. The summed E-state index contributed by atoms with van der Waals surface area (Å²) in [7, 11) is 1.62. The van der Waals surface area contributed by atoms with E-state index in [9.17, 15) is 9.90 Å². The van der Waals surface area contributed by atoms with E-state index in [0.717, 1.165) is 30.7 Å². The van der Waals surface area contributed by atoms with Crippen LogP contribution in [0.25, 0.3) is 0 Å². The van der Waals surface area contributed by atoms with Crippen molar-refractivity contribution in [1.82, 2.24) is 10.2 Å². The molecule has 1 heterocycles. The summed E-state index contributed by atoms with van der Waals surface area (Å²) in [6.45, 7) is 6.90. The molecule has 1 aromatic carbocycles. The molecular formula is C18H28N2O3. The molecule has 1 aliphatic rings. The van der Waals surface area contributed by atoms with Crippen molar-refractivity contribution < 1.29 is 14.6 Å². The molecule has 0 aliphatic carbocycles. The smallest absolute Gasteiger partial charge is 0.234 e. The van der Waals surface area contributed by atoms with Gasteiger partial charge in [0.25, 0.3) is 0 Å². The van der Waals surface area contributed by atoms with Crippen molar-refractivity contribution in [3.63, 3.8) is 0 Å². The number of benzene rings is 1. The van der Waals surface area contributed by atoms with E-state index in [0.29, 0.717) is 6.54 Å². The minimum absolute atomic E-state index is 0.0115. The first-order valence-electron chi connectivity index (χ1n) is 8.25. The van der Waals surface area contributed by atoms with Gasteiger partial charge in [0.1, 0.15) is 11.4 Å². The first-order valence-corrected chi connectivity index (χ1v) is 8.25. The normalized spacial score (nSPS) is 21.2. The molecule has 128 valence electrons. The van der Waals surface area contributed by atoms with Crippen molar-refractivity contribution in [1.29, 1.82) is 0 Å². The minimum Gasteiger partial charge on any atom is -0.497 e. The second-order valence-corrected chi connectivity index (χ2v) is 6.73. The maximum Gasteiger partial charge on any atom is 0.234 e. The molecule has 1 amide bonds. The molecule has 0 aromatic heterocycles. The van der Waals surface area contributed by atoms with Gasteiger partial charge in [0.05, 0.1) is 13.7 Å². The summed E-state index contributed by atoms with van der Waals surface area (Å²) in [6.07, 6.45) is 1.87. The zero-order chi connectivity index (χ0) is 17.0. The largest absolute Gasteiger partial charge is 0.497 e. The van der Waals surface area contributed by atoms with Gasteiger partial charge in [0.15, 0.2) is 0 Å². The maximum atomic E-state index is 12.1. The van der Waals surface area contributed by atoms with Crippen LogP contribution in [-0.4, -0.2) is 48.2 Å². The van der Waals surface area contributed by atoms with Crippen LogP contribution in [0.2, 0.25) is 0 Å². The van der Waals surface area contributed by atoms with Crippen molar-refractivity contribution >= 4 is 5.91 Å². The maximum absolute atomic E-state index is 12.1. The van der Waals surface area contributed by atoms with Gasteiger partial charge in [-0.3, -0.25) is 9.69 Å². The number of ether oxygens (including phenoxy) is 1. The quantitative estimate of drug-likeness (QED) is 0.840. The molecule has 0 radical (unpaired) electrons. The first-order chi connectivity index (χ1) is 10.8. The van der Waals surface area contributed by atoms with Gasteiger partial charge in [-0.25, -0.2) is 0 Å². The summed E-state index contributed by atoms with van der Waals surface area (Å²) in [5, 5.41) is 14.0. The number of amides is 1. The van der Waals surface area contributed by atoms with E-state index in [1.54, 1.807) is 7.11 Å². The van der Waals surface area contributed by atoms with Crippen molar-refractivity contribution in [2.45, 2.75) is 51.3 Å². The van der Waals surface area contributed by atoms with Crippen LogP contribution in [0.15, 0.2) is 24.3 Å². The van der Waals surface area contributed by atoms with E-state index in [1.165, 1.54) is 0 Å². The molecule has 5 nitrogen and oxygen atoms in total. The summed E-state index contributed by atoms with van der Waals surface area (Å²) in [5.41, 5.74) is -0.152. The Morgan fingerprint density at radius 3 is 2.65 bits per heavy atom. The SMILES string of the molecule is COc1ccc([C@@](C)(O)[C@H]2CCCN2CC(=O)NC(C)C)cc1. The van der Waals surface area contributed by atoms with E-state index in [-0.39, 0.29) is 18.0 Å². The summed E-state index contributed by atoms with van der Waals surface area (Å²) in [6, 6.07) is 7.57. The Kier molecular flexibility index (Phi) is 5.65. The van der Waals surface area contributed by atoms with Crippen LogP contribution in [-0.2, 0) is 10.4 Å². The molecule has 1 saturated heterocycles. The van der Waals surface area contributed by atoms with E-state index < -0.39 is 5.60 Å². The Labute approximate surface area is 138 Å². The fourth-order valence-electron chi connectivity index (χ4n) is 3.32. The highest BCUT2D eigenvalue weighted by Gasteiger charge is 2.41. The van der Waals surface area contributed by atoms with Crippen LogP contribution < -0.4 is 10.1 Å². The second-order valence-electron chi connectivity index (χ2n) is 6.73. The Hall–Kier alpha value is -1.59. The summed E-state index contributed by atoms with van der Waals surface area (Å²) >= 11 is 0. The van der Waals surface area contributed by atoms with E-state index in [2.05, 4.69) is 10.2 Å². The number of nitrogens with one attached hydrogen (secondary N) is 1. The number of methoxy groups -OCH3 is 1. The molecule has 0 bridgehead atoms. The fraction of sp³-hybridized carbons (Fsp3) is 0.611. The van der Waals surface area contributed by atoms with Gasteiger partial charge >= 0.3 is 0 Å². The zero-order valence-electron chi connectivity index (χ0n) is 14.5. The Morgan fingerprint density at radius 1 is 1.43 bits per heavy atom. The zero-order valence-corrected chi connectivity index (χ0v) is 14.5. The monoisotopic (exact) mass is 320 g/mol. The number of aliphatic hydroxyl groups is 1. The number of hydrogen-bond acceptors (Lipinski definition) is 4. The molecule has 2 atom stereocenters. The van der Waals surface area contributed by atoms with Crippen molar-refractivity contribution in [3.8, 4) is 5.75 Å². The summed E-state index contributed by atoms with van der Waals surface area (Å²) in [5.74, 6) is 0.779. The molecule has 2 rings (SSSR count). The van der Waals surface area contributed by atoms with Gasteiger partial charge in [-0.2, -0.15) is 0 Å². The Bertz CT molecular complexity index is 526. The molecule has 5 heteroatoms. The Morgan fingerprint density at radius 2 is 2.09 bits per heavy atom. The summed E-state index contributed by atoms with van der Waals surface area (Å²) < 4.78 is 5.17. The lowest BCUT2D eigenvalue weighted by Crippen LogP contribution is -2.49. The van der Waals surface area contributed by atoms with E-state index >= 15 is 0 Å². The predicted octanol–water partition coefficient (Wildman–Crippen LogP) is 1.89. The average Bonchev–Trinajstić information content (AvgIpc) is 2.95. The number of likely N-dealkylation sites (tertiary alicyclic amines) is 1. The Balaban J connectivity index is 2.11. The lowest BCUT2D eigenvalue weighted by Gasteiger charge is -2.36. The fourth-order valence-corrected chi connectivity index (χ4v) is 3.32. The van der Waals surface area contributed by atoms with Gasteiger partial charge in [0.2, 0.25) is 5.91 Å². The molecule has 0 saturated carbocycles. The third-order valence-corrected chi connectivity index (χ3v) is 4.48. The number of rotatable bonds is 6. The number of carbonyl (C=O) groups excluding carboxylic acids is 1. The van der Waals surface area contributed by atoms with Gasteiger partial charge in [0, 0.05) is 12.1 Å². The first kappa shape index (κ1) is 17.8. The number of nitrogens with zero attached hydrogens (tertiary/aromatic N) is 1. The van der Waals surface area contributed by atoms with Gasteiger partial charge < -0.3 is 15.2 Å². The van der Waals surface area contributed by atoms with Crippen LogP contribution in [0.1, 0.15) is 39.2 Å². The van der Waals surface area contributed by atoms with E-state index in [1.807, 2.05) is 45.0 Å². The number of hydrogen-bond donors (Lipinski definition) is 2. The highest BCUT2D eigenvalue weighted by atomic mass is 16.5. The van der Waals surface area contributed by atoms with Crippen LogP contribution in [0.3, 0.4) is 0 Å². The standard InChI is InChI=1S/C18H28N2O3/c1-13(2)19-17(21)12-20-11-5-6-16(20)18(3,22)14-7-9-15(23-4)10-8-14/h7-10,13,16,22H,5-6,11-12H2,1-4H3,(H,19,21)/t16-,18-/m1/s1. The molecular weight excluding hydrogens is 292 g/mol. The molecule has 0 spiro atoms. The van der Waals surface area contributed by atoms with Gasteiger partial charge in [-0.05, 0) is 57.9 Å². The molecule has 2 N–H and O–H groups in total. The second kappa shape index (κ2) is 7.32. The van der Waals surface area contributed by atoms with Crippen molar-refractivity contribution in [2.24, 2.45) is 0 Å². The van der Waals surface area contributed by atoms with Crippen LogP contribution >= 0.6 is 0 Å². The van der Waals surface area contributed by atoms with Crippen molar-refractivity contribution in [3.05, 3.63) is 29.8 Å². The molecule has 0 unspecified atom stereocenters. The molecule has 1 aromatic rings. The third-order valence-electron chi connectivity index (χ3n) is 4.48. The van der Waals surface area contributed by atoms with E-state index in [4.69, 9.17) is 4.74 Å². The highest BCUT2D eigenvalue weighted by Crippen LogP contribution is 2.35. The van der Waals surface area contributed by atoms with Crippen LogP contribution in [0.5, 0.6) is 5.75 Å². The third kappa shape index (κ3) is 4.24.